The number of aryl methyl sites for hydroxylation is 10. The molecule has 0 bridgehead atoms. The Labute approximate surface area is 685 Å². The minimum absolute atomic E-state index is 0.192. The molecule has 117 heavy (non-hydrogen) atoms. The SMILES string of the molecule is CCC(CC)c1ccc2c(-c3ccc(F)cc3C)[n+](C)cnc2c1.CCC(CC)c1cccc2c(-c3ccc(F)cc3C)[n+](C)cnc12.Cc1cc(F)ccc1-c1c2cc(C3CCC3)ccc2nc[n+]1C.Cc1cc(F)ccc1-c1c2ccc(C3CCC3)cc2nc[n+]1C.Cc1cc(F)ccc1-c1c2cccc(C3CCC3)c2nc[n+]1C. The van der Waals surface area contributed by atoms with Crippen molar-refractivity contribution in [2.45, 2.75) is 175 Å². The van der Waals surface area contributed by atoms with Crippen LogP contribution in [0.3, 0.4) is 0 Å². The van der Waals surface area contributed by atoms with E-state index in [1.165, 1.54) is 116 Å². The number of rotatable bonds is 14. The van der Waals surface area contributed by atoms with E-state index < -0.39 is 0 Å². The first kappa shape index (κ1) is 82.1. The van der Waals surface area contributed by atoms with Crippen LogP contribution >= 0.6 is 0 Å². The third kappa shape index (κ3) is 17.4. The molecule has 10 nitrogen and oxygen atoms in total. The highest BCUT2D eigenvalue weighted by molar-refractivity contribution is 5.96. The van der Waals surface area contributed by atoms with Gasteiger partial charge < -0.3 is 0 Å². The van der Waals surface area contributed by atoms with Crippen LogP contribution in [0.25, 0.3) is 111 Å². The molecule has 3 saturated carbocycles. The highest BCUT2D eigenvalue weighted by Gasteiger charge is 2.30. The van der Waals surface area contributed by atoms with Crippen molar-refractivity contribution in [1.82, 2.24) is 24.9 Å². The summed E-state index contributed by atoms with van der Waals surface area (Å²) in [5.41, 5.74) is 27.4. The third-order valence-electron chi connectivity index (χ3n) is 24.9. The van der Waals surface area contributed by atoms with Crippen LogP contribution in [0.15, 0.2) is 214 Å². The highest BCUT2D eigenvalue weighted by atomic mass is 19.1. The number of nitrogens with zero attached hydrogens (tertiary/aromatic N) is 10. The Morgan fingerprint density at radius 2 is 0.650 bits per heavy atom. The van der Waals surface area contributed by atoms with Crippen molar-refractivity contribution in [3.8, 4) is 56.3 Å². The van der Waals surface area contributed by atoms with Gasteiger partial charge in [-0.1, -0.05) is 89.4 Å². The van der Waals surface area contributed by atoms with Gasteiger partial charge in [-0.2, -0.15) is 0 Å². The lowest BCUT2D eigenvalue weighted by Crippen LogP contribution is -2.32. The molecule has 0 saturated heterocycles. The Bertz CT molecular complexity index is 6130. The normalized spacial score (nSPS) is 13.5. The van der Waals surface area contributed by atoms with Crippen molar-refractivity contribution in [2.24, 2.45) is 35.2 Å². The summed E-state index contributed by atoms with van der Waals surface area (Å²) in [5, 5.41) is 5.64. The third-order valence-corrected chi connectivity index (χ3v) is 24.9. The first-order valence-electron chi connectivity index (χ1n) is 41.7. The quantitative estimate of drug-likeness (QED) is 0.0800. The molecule has 5 heterocycles. The van der Waals surface area contributed by atoms with E-state index in [0.717, 1.165) is 164 Å². The summed E-state index contributed by atoms with van der Waals surface area (Å²) in [6.07, 6.45) is 25.4. The molecule has 15 aromatic rings. The monoisotopic (exact) mass is 1570 g/mol. The highest BCUT2D eigenvalue weighted by Crippen LogP contribution is 2.43. The van der Waals surface area contributed by atoms with Crippen molar-refractivity contribution in [3.63, 3.8) is 0 Å². The van der Waals surface area contributed by atoms with Gasteiger partial charge in [-0.05, 0) is 337 Å². The van der Waals surface area contributed by atoms with Gasteiger partial charge in [0.2, 0.25) is 0 Å². The Morgan fingerprint density at radius 3 is 1.05 bits per heavy atom. The minimum Gasteiger partial charge on any atom is -0.232 e. The van der Waals surface area contributed by atoms with E-state index >= 15 is 0 Å². The molecule has 596 valence electrons. The lowest BCUT2D eigenvalue weighted by molar-refractivity contribution is -0.662. The topological polar surface area (TPSA) is 83.8 Å². The first-order chi connectivity index (χ1) is 56.5. The average Bonchev–Trinajstić information content (AvgIpc) is 0.861. The van der Waals surface area contributed by atoms with Crippen LogP contribution < -0.4 is 22.8 Å². The number of halogens is 5. The summed E-state index contributed by atoms with van der Waals surface area (Å²) in [5.74, 6) is 2.13. The summed E-state index contributed by atoms with van der Waals surface area (Å²) in [4.78, 5) is 23.2. The van der Waals surface area contributed by atoms with Crippen LogP contribution in [0, 0.1) is 63.7 Å². The second-order valence-electron chi connectivity index (χ2n) is 32.5. The Balaban J connectivity index is 0.000000120. The zero-order valence-electron chi connectivity index (χ0n) is 70.1. The van der Waals surface area contributed by atoms with E-state index in [1.54, 1.807) is 30.3 Å². The molecule has 5 aromatic heterocycles. The zero-order valence-corrected chi connectivity index (χ0v) is 70.1. The predicted octanol–water partition coefficient (Wildman–Crippen LogP) is 23.5. The zero-order chi connectivity index (χ0) is 82.5. The molecule has 3 aliphatic carbocycles. The average molecular weight is 1570 g/mol. The van der Waals surface area contributed by atoms with Crippen molar-refractivity contribution >= 4 is 54.5 Å². The Morgan fingerprint density at radius 1 is 0.308 bits per heavy atom. The smallest absolute Gasteiger partial charge is 0.232 e. The maximum atomic E-state index is 13.5. The summed E-state index contributed by atoms with van der Waals surface area (Å²) in [7, 11) is 9.97. The molecule has 0 aliphatic heterocycles. The molecule has 0 amide bonds. The number of aromatic nitrogens is 10. The van der Waals surface area contributed by atoms with Crippen LogP contribution in [0.2, 0.25) is 0 Å². The van der Waals surface area contributed by atoms with E-state index in [2.05, 4.69) is 134 Å². The molecule has 3 aliphatic rings. The number of hydrogen-bond donors (Lipinski definition) is 0. The van der Waals surface area contributed by atoms with Gasteiger partial charge in [-0.15, -0.1) is 0 Å². The van der Waals surface area contributed by atoms with Crippen LogP contribution in [0.1, 0.15) is 196 Å². The molecular formula is C102H108F5N10+5. The largest absolute Gasteiger partial charge is 0.287 e. The van der Waals surface area contributed by atoms with Crippen LogP contribution in [0.5, 0.6) is 0 Å². The van der Waals surface area contributed by atoms with Crippen LogP contribution in [-0.2, 0) is 35.2 Å². The van der Waals surface area contributed by atoms with Crippen molar-refractivity contribution in [1.29, 1.82) is 0 Å². The fourth-order valence-electron chi connectivity index (χ4n) is 17.6. The van der Waals surface area contributed by atoms with Crippen molar-refractivity contribution in [3.05, 3.63) is 298 Å². The number of benzene rings is 10. The number of para-hydroxylation sites is 2. The van der Waals surface area contributed by atoms with Gasteiger partial charge >= 0.3 is 0 Å². The maximum absolute atomic E-state index is 13.5. The molecular weight excluding hydrogens is 1460 g/mol. The lowest BCUT2D eigenvalue weighted by atomic mass is 9.79. The van der Waals surface area contributed by atoms with E-state index in [9.17, 15) is 22.0 Å². The van der Waals surface area contributed by atoms with E-state index in [4.69, 9.17) is 9.97 Å². The van der Waals surface area contributed by atoms with Crippen molar-refractivity contribution in [2.75, 3.05) is 0 Å². The van der Waals surface area contributed by atoms with Gasteiger partial charge in [-0.25, -0.2) is 44.8 Å². The Hall–Kier alpha value is -11.5. The van der Waals surface area contributed by atoms with E-state index in [0.29, 0.717) is 29.6 Å². The predicted molar refractivity (Wildman–Crippen MR) is 462 cm³/mol. The molecule has 15 heteroatoms. The van der Waals surface area contributed by atoms with Gasteiger partial charge in [0.1, 0.15) is 57.6 Å². The second-order valence-corrected chi connectivity index (χ2v) is 32.5. The van der Waals surface area contributed by atoms with E-state index in [1.807, 2.05) is 155 Å². The molecule has 10 aromatic carbocycles. The van der Waals surface area contributed by atoms with E-state index in [-0.39, 0.29) is 29.1 Å². The first-order valence-corrected chi connectivity index (χ1v) is 41.7. The summed E-state index contributed by atoms with van der Waals surface area (Å²) >= 11 is 0. The fourth-order valence-corrected chi connectivity index (χ4v) is 17.6. The molecule has 0 N–H and O–H groups in total. The molecule has 0 unspecified atom stereocenters. The molecule has 18 rings (SSSR count). The second kappa shape index (κ2) is 36.0. The standard InChI is InChI=1S/2C21H24FN2.3C20H20FN2/c1-5-15(6-2)16-7-9-19-20(12-16)23-13-24(4)21(19)18-10-8-17(22)11-14(18)3;1-5-15(6-2)18-8-7-9-19-20(18)23-13-24(4)21(19)17-11-10-16(22)12-14(17)3;1-13-11-15(21)9-10-16(13)20-18-8-4-7-17(14-5-3-6-14)19(18)22-12-23(20)2;1-13-10-16(21)7-8-17(13)20-18-11-15(14-4-3-5-14)6-9-19(18)22-12-23(20)2;1-13-10-16(21)7-9-17(13)20-18-8-6-15(14-4-3-5-14)11-19(18)22-12-23(20)2/h2*7-13,15H,5-6H2,1-4H3;4,7-12,14H,3,5-6H2,1-2H3;2*6-12,14H,3-5H2,1-2H3/q5*+1. The van der Waals surface area contributed by atoms with Gasteiger partial charge in [-0.3, -0.25) is 0 Å². The Kier molecular flexibility index (Phi) is 25.2. The molecule has 0 spiro atoms. The van der Waals surface area contributed by atoms with Gasteiger partial charge in [0, 0.05) is 38.9 Å². The molecule has 0 radical (unpaired) electrons. The van der Waals surface area contributed by atoms with Crippen LogP contribution in [0.4, 0.5) is 22.0 Å². The maximum Gasteiger partial charge on any atom is 0.287 e. The number of hydrogen-bond acceptors (Lipinski definition) is 5. The summed E-state index contributed by atoms with van der Waals surface area (Å²) in [6, 6.07) is 57.6. The van der Waals surface area contributed by atoms with Gasteiger partial charge in [0.15, 0.2) is 27.6 Å². The van der Waals surface area contributed by atoms with Gasteiger partial charge in [0.05, 0.1) is 62.2 Å². The minimum atomic E-state index is -0.201. The van der Waals surface area contributed by atoms with Gasteiger partial charge in [0.25, 0.3) is 31.6 Å². The number of fused-ring (bicyclic) bond motifs is 5. The summed E-state index contributed by atoms with van der Waals surface area (Å²) < 4.78 is 77.5. The summed E-state index contributed by atoms with van der Waals surface area (Å²) in [6.45, 7) is 18.7. The van der Waals surface area contributed by atoms with Crippen LogP contribution in [-0.4, -0.2) is 24.9 Å². The van der Waals surface area contributed by atoms with Crippen molar-refractivity contribution < 1.29 is 44.8 Å². The fraction of sp³-hybridized carbons (Fsp3) is 0.314. The lowest BCUT2D eigenvalue weighted by Gasteiger charge is -2.25. The molecule has 0 atom stereocenters. The molecule has 3 fully saturated rings.